The van der Waals surface area contributed by atoms with E-state index in [-0.39, 0.29) is 22.6 Å². The van der Waals surface area contributed by atoms with Crippen LogP contribution in [-0.2, 0) is 16.4 Å². The first-order chi connectivity index (χ1) is 8.81. The standard InChI is InChI=1S/C13H19ClN2O2S/c1-13(2)11(14)9-12(13)16-19(17,18)8-6-10-5-3-4-7-15-10/h3-5,7,11-12,16H,6,8-9H2,1-2H3. The quantitative estimate of drug-likeness (QED) is 0.846. The van der Waals surface area contributed by atoms with Gasteiger partial charge in [0.15, 0.2) is 0 Å². The summed E-state index contributed by atoms with van der Waals surface area (Å²) >= 11 is 6.09. The number of aryl methyl sites for hydroxylation is 1. The van der Waals surface area contributed by atoms with Gasteiger partial charge in [-0.25, -0.2) is 13.1 Å². The van der Waals surface area contributed by atoms with Crippen molar-refractivity contribution >= 4 is 21.6 Å². The molecule has 1 aromatic rings. The maximum absolute atomic E-state index is 12.0. The van der Waals surface area contributed by atoms with Gasteiger partial charge in [-0.2, -0.15) is 0 Å². The van der Waals surface area contributed by atoms with Crippen LogP contribution < -0.4 is 4.72 Å². The first-order valence-electron chi connectivity index (χ1n) is 6.35. The Balaban J connectivity index is 1.90. The Kier molecular flexibility index (Phi) is 4.18. The van der Waals surface area contributed by atoms with Crippen LogP contribution in [0.3, 0.4) is 0 Å². The Labute approximate surface area is 119 Å². The summed E-state index contributed by atoms with van der Waals surface area (Å²) in [4.78, 5) is 4.12. The van der Waals surface area contributed by atoms with E-state index in [4.69, 9.17) is 11.6 Å². The van der Waals surface area contributed by atoms with E-state index in [1.165, 1.54) is 0 Å². The molecule has 2 rings (SSSR count). The van der Waals surface area contributed by atoms with Crippen LogP contribution in [-0.4, -0.2) is 30.6 Å². The molecule has 106 valence electrons. The second kappa shape index (κ2) is 5.38. The highest BCUT2D eigenvalue weighted by atomic mass is 35.5. The molecular formula is C13H19ClN2O2S. The molecule has 1 heterocycles. The van der Waals surface area contributed by atoms with Gasteiger partial charge in [0, 0.05) is 29.7 Å². The highest BCUT2D eigenvalue weighted by Gasteiger charge is 2.48. The van der Waals surface area contributed by atoms with Crippen molar-refractivity contribution in [2.45, 2.75) is 38.1 Å². The SMILES string of the molecule is CC1(C)C(Cl)CC1NS(=O)(=O)CCc1ccccn1. The minimum Gasteiger partial charge on any atom is -0.261 e. The number of halogens is 1. The van der Waals surface area contributed by atoms with Crippen molar-refractivity contribution in [3.63, 3.8) is 0 Å². The Morgan fingerprint density at radius 3 is 2.74 bits per heavy atom. The average molecular weight is 303 g/mol. The van der Waals surface area contributed by atoms with Gasteiger partial charge >= 0.3 is 0 Å². The normalized spacial score (nSPS) is 25.8. The molecule has 1 fully saturated rings. The molecule has 0 radical (unpaired) electrons. The third-order valence-electron chi connectivity index (χ3n) is 3.82. The smallest absolute Gasteiger partial charge is 0.212 e. The minimum atomic E-state index is -3.28. The van der Waals surface area contributed by atoms with Crippen molar-refractivity contribution in [1.82, 2.24) is 9.71 Å². The number of alkyl halides is 1. The number of nitrogens with zero attached hydrogens (tertiary/aromatic N) is 1. The van der Waals surface area contributed by atoms with Crippen molar-refractivity contribution < 1.29 is 8.42 Å². The molecule has 0 bridgehead atoms. The van der Waals surface area contributed by atoms with Crippen LogP contribution in [0, 0.1) is 5.41 Å². The number of hydrogen-bond acceptors (Lipinski definition) is 3. The van der Waals surface area contributed by atoms with E-state index < -0.39 is 10.0 Å². The number of sulfonamides is 1. The topological polar surface area (TPSA) is 59.1 Å². The van der Waals surface area contributed by atoms with E-state index in [9.17, 15) is 8.42 Å². The summed E-state index contributed by atoms with van der Waals surface area (Å²) in [5, 5.41) is 0.0380. The average Bonchev–Trinajstić information content (AvgIpc) is 2.37. The van der Waals surface area contributed by atoms with Gasteiger partial charge in [0.1, 0.15) is 0 Å². The predicted octanol–water partition coefficient (Wildman–Crippen LogP) is 1.95. The highest BCUT2D eigenvalue weighted by molar-refractivity contribution is 7.89. The summed E-state index contributed by atoms with van der Waals surface area (Å²) in [5.41, 5.74) is 0.607. The summed E-state index contributed by atoms with van der Waals surface area (Å²) in [6.07, 6.45) is 2.79. The first-order valence-corrected chi connectivity index (χ1v) is 8.44. The highest BCUT2D eigenvalue weighted by Crippen LogP contribution is 2.44. The minimum absolute atomic E-state index is 0.0380. The van der Waals surface area contributed by atoms with Crippen LogP contribution in [0.1, 0.15) is 26.0 Å². The first kappa shape index (κ1) is 14.8. The van der Waals surface area contributed by atoms with Gasteiger partial charge in [0.2, 0.25) is 10.0 Å². The molecule has 0 amide bonds. The van der Waals surface area contributed by atoms with Crippen LogP contribution in [0.25, 0.3) is 0 Å². The molecule has 1 aliphatic carbocycles. The van der Waals surface area contributed by atoms with E-state index in [2.05, 4.69) is 9.71 Å². The Morgan fingerprint density at radius 2 is 2.21 bits per heavy atom. The van der Waals surface area contributed by atoms with Crippen LogP contribution in [0.5, 0.6) is 0 Å². The molecular weight excluding hydrogens is 284 g/mol. The van der Waals surface area contributed by atoms with E-state index in [1.807, 2.05) is 32.0 Å². The largest absolute Gasteiger partial charge is 0.261 e. The van der Waals surface area contributed by atoms with Crippen LogP contribution in [0.2, 0.25) is 0 Å². The zero-order valence-corrected chi connectivity index (χ0v) is 12.7. The third-order valence-corrected chi connectivity index (χ3v) is 5.95. The van der Waals surface area contributed by atoms with Gasteiger partial charge < -0.3 is 0 Å². The molecule has 0 spiro atoms. The second-order valence-electron chi connectivity index (χ2n) is 5.58. The lowest BCUT2D eigenvalue weighted by Gasteiger charge is -2.49. The Hall–Kier alpha value is -0.650. The molecule has 19 heavy (non-hydrogen) atoms. The van der Waals surface area contributed by atoms with Gasteiger partial charge in [-0.1, -0.05) is 19.9 Å². The maximum atomic E-state index is 12.0. The molecule has 1 aliphatic rings. The molecule has 0 aliphatic heterocycles. The molecule has 1 N–H and O–H groups in total. The van der Waals surface area contributed by atoms with Gasteiger partial charge in [-0.05, 0) is 24.0 Å². The number of pyridine rings is 1. The fraction of sp³-hybridized carbons (Fsp3) is 0.615. The molecule has 1 saturated carbocycles. The number of nitrogens with one attached hydrogen (secondary N) is 1. The van der Waals surface area contributed by atoms with Crippen molar-refractivity contribution in [3.8, 4) is 0 Å². The van der Waals surface area contributed by atoms with E-state index in [0.717, 1.165) is 5.69 Å². The molecule has 0 saturated heterocycles. The van der Waals surface area contributed by atoms with Crippen LogP contribution in [0.4, 0.5) is 0 Å². The van der Waals surface area contributed by atoms with Crippen molar-refractivity contribution in [1.29, 1.82) is 0 Å². The molecule has 0 aromatic carbocycles. The summed E-state index contributed by atoms with van der Waals surface area (Å²) in [6, 6.07) is 5.43. The van der Waals surface area contributed by atoms with Crippen molar-refractivity contribution in [2.24, 2.45) is 5.41 Å². The van der Waals surface area contributed by atoms with Crippen LogP contribution in [0.15, 0.2) is 24.4 Å². The lowest BCUT2D eigenvalue weighted by Crippen LogP contribution is -2.59. The predicted molar refractivity (Wildman–Crippen MR) is 76.7 cm³/mol. The van der Waals surface area contributed by atoms with E-state index >= 15 is 0 Å². The van der Waals surface area contributed by atoms with E-state index in [0.29, 0.717) is 12.8 Å². The molecule has 2 atom stereocenters. The van der Waals surface area contributed by atoms with Crippen molar-refractivity contribution in [2.75, 3.05) is 5.75 Å². The summed E-state index contributed by atoms with van der Waals surface area (Å²) < 4.78 is 26.8. The second-order valence-corrected chi connectivity index (χ2v) is 7.99. The maximum Gasteiger partial charge on any atom is 0.212 e. The van der Waals surface area contributed by atoms with Gasteiger partial charge in [0.25, 0.3) is 0 Å². The third kappa shape index (κ3) is 3.46. The zero-order chi connectivity index (χ0) is 14.1. The summed E-state index contributed by atoms with van der Waals surface area (Å²) in [6.45, 7) is 3.97. The van der Waals surface area contributed by atoms with Gasteiger partial charge in [-0.3, -0.25) is 4.98 Å². The fourth-order valence-electron chi connectivity index (χ4n) is 2.13. The number of hydrogen-bond donors (Lipinski definition) is 1. The molecule has 4 nitrogen and oxygen atoms in total. The summed E-state index contributed by atoms with van der Waals surface area (Å²) in [7, 11) is -3.28. The zero-order valence-electron chi connectivity index (χ0n) is 11.1. The molecule has 1 aromatic heterocycles. The molecule has 6 heteroatoms. The summed E-state index contributed by atoms with van der Waals surface area (Å²) in [5.74, 6) is 0.0591. The monoisotopic (exact) mass is 302 g/mol. The lowest BCUT2D eigenvalue weighted by molar-refractivity contribution is 0.137. The number of rotatable bonds is 5. The van der Waals surface area contributed by atoms with Crippen molar-refractivity contribution in [3.05, 3.63) is 30.1 Å². The van der Waals surface area contributed by atoms with E-state index in [1.54, 1.807) is 6.20 Å². The number of aromatic nitrogens is 1. The Morgan fingerprint density at radius 1 is 1.47 bits per heavy atom. The fourth-order valence-corrected chi connectivity index (χ4v) is 3.89. The Bertz CT molecular complexity index is 531. The van der Waals surface area contributed by atoms with Gasteiger partial charge in [0.05, 0.1) is 5.75 Å². The van der Waals surface area contributed by atoms with Crippen LogP contribution >= 0.6 is 11.6 Å². The van der Waals surface area contributed by atoms with Gasteiger partial charge in [-0.15, -0.1) is 11.6 Å². The lowest BCUT2D eigenvalue weighted by atomic mass is 9.67. The molecule has 2 unspecified atom stereocenters.